The molecule has 1 aromatic heterocycles. The Morgan fingerprint density at radius 3 is 2.52 bits per heavy atom. The van der Waals surface area contributed by atoms with Gasteiger partial charge in [0, 0.05) is 24.4 Å². The molecule has 1 atom stereocenters. The number of nitro benzene ring substituents is 1. The average Bonchev–Trinajstić information content (AvgIpc) is 3.29. The number of carboxylic acids is 1. The summed E-state index contributed by atoms with van der Waals surface area (Å²) in [6.07, 6.45) is 4.45. The van der Waals surface area contributed by atoms with Crippen LogP contribution in [-0.2, 0) is 4.79 Å². The fourth-order valence-electron chi connectivity index (χ4n) is 2.58. The van der Waals surface area contributed by atoms with Crippen LogP contribution < -0.4 is 0 Å². The fraction of sp³-hybridized carbons (Fsp3) is 0.312. The molecule has 0 saturated heterocycles. The van der Waals surface area contributed by atoms with Crippen LogP contribution >= 0.6 is 0 Å². The summed E-state index contributed by atoms with van der Waals surface area (Å²) in [4.78, 5) is 35.5. The van der Waals surface area contributed by atoms with E-state index in [9.17, 15) is 24.8 Å². The average molecular weight is 344 g/mol. The highest BCUT2D eigenvalue weighted by Crippen LogP contribution is 2.30. The highest BCUT2D eigenvalue weighted by atomic mass is 16.6. The van der Waals surface area contributed by atoms with E-state index < -0.39 is 16.9 Å². The molecule has 1 fully saturated rings. The second-order valence-electron chi connectivity index (χ2n) is 5.90. The molecule has 1 aliphatic carbocycles. The van der Waals surface area contributed by atoms with Crippen LogP contribution in [0.2, 0.25) is 0 Å². The minimum atomic E-state index is -1.05. The number of rotatable bonds is 6. The van der Waals surface area contributed by atoms with Crippen LogP contribution in [0.3, 0.4) is 0 Å². The largest absolute Gasteiger partial charge is 0.480 e. The van der Waals surface area contributed by atoms with Crippen LogP contribution in [0.15, 0.2) is 36.7 Å². The molecule has 1 aromatic carbocycles. The van der Waals surface area contributed by atoms with Gasteiger partial charge in [0.1, 0.15) is 6.04 Å². The van der Waals surface area contributed by atoms with Crippen molar-refractivity contribution < 1.29 is 19.6 Å². The summed E-state index contributed by atoms with van der Waals surface area (Å²) in [5.41, 5.74) is 0.801. The highest BCUT2D eigenvalue weighted by Gasteiger charge is 2.39. The molecule has 2 aromatic rings. The van der Waals surface area contributed by atoms with Crippen molar-refractivity contribution in [3.05, 3.63) is 52.3 Å². The first kappa shape index (κ1) is 16.6. The number of amides is 1. The molecular weight excluding hydrogens is 328 g/mol. The summed E-state index contributed by atoms with van der Waals surface area (Å²) in [5.74, 6) is -1.44. The van der Waals surface area contributed by atoms with Gasteiger partial charge in [0.15, 0.2) is 0 Å². The van der Waals surface area contributed by atoms with E-state index in [2.05, 4.69) is 5.10 Å². The smallest absolute Gasteiger partial charge is 0.326 e. The second-order valence-corrected chi connectivity index (χ2v) is 5.90. The number of carbonyl (C=O) groups excluding carboxylic acids is 1. The van der Waals surface area contributed by atoms with Gasteiger partial charge in [-0.2, -0.15) is 5.10 Å². The Balaban J connectivity index is 1.83. The van der Waals surface area contributed by atoms with E-state index in [1.54, 1.807) is 0 Å². The van der Waals surface area contributed by atoms with Gasteiger partial charge in [0.25, 0.3) is 11.6 Å². The van der Waals surface area contributed by atoms with Crippen molar-refractivity contribution in [2.24, 2.45) is 0 Å². The molecule has 1 unspecified atom stereocenters. The maximum Gasteiger partial charge on any atom is 0.326 e. The third kappa shape index (κ3) is 3.35. The van der Waals surface area contributed by atoms with Gasteiger partial charge in [-0.15, -0.1) is 0 Å². The molecule has 1 heterocycles. The van der Waals surface area contributed by atoms with Gasteiger partial charge in [-0.25, -0.2) is 9.48 Å². The van der Waals surface area contributed by atoms with Crippen molar-refractivity contribution in [3.8, 4) is 5.69 Å². The van der Waals surface area contributed by atoms with Gasteiger partial charge >= 0.3 is 5.97 Å². The van der Waals surface area contributed by atoms with Crippen molar-refractivity contribution in [2.45, 2.75) is 31.8 Å². The molecule has 0 radical (unpaired) electrons. The van der Waals surface area contributed by atoms with E-state index in [-0.39, 0.29) is 23.2 Å². The fourth-order valence-corrected chi connectivity index (χ4v) is 2.58. The van der Waals surface area contributed by atoms with Crippen LogP contribution in [0, 0.1) is 10.1 Å². The Labute approximate surface area is 142 Å². The standard InChI is InChI=1S/C16H16N4O5/c1-10(16(22)23)19(13-4-5-13)15(21)11-8-17-18(9-11)12-2-6-14(7-3-12)20(24)25/h2-3,6-10,13H,4-5H2,1H3,(H,22,23). The van der Waals surface area contributed by atoms with Gasteiger partial charge < -0.3 is 10.0 Å². The minimum Gasteiger partial charge on any atom is -0.480 e. The number of aromatic nitrogens is 2. The normalized spacial score (nSPS) is 14.8. The van der Waals surface area contributed by atoms with Crippen molar-refractivity contribution in [3.63, 3.8) is 0 Å². The summed E-state index contributed by atoms with van der Waals surface area (Å²) in [5, 5.41) is 24.0. The number of carboxylic acid groups (broad SMARTS) is 1. The third-order valence-electron chi connectivity index (χ3n) is 4.10. The van der Waals surface area contributed by atoms with E-state index in [1.807, 2.05) is 0 Å². The van der Waals surface area contributed by atoms with Crippen molar-refractivity contribution in [2.75, 3.05) is 0 Å². The SMILES string of the molecule is CC(C(=O)O)N(C(=O)c1cnn(-c2ccc([N+](=O)[O-])cc2)c1)C1CC1. The molecule has 25 heavy (non-hydrogen) atoms. The van der Waals surface area contributed by atoms with E-state index in [0.29, 0.717) is 5.69 Å². The Kier molecular flexibility index (Phi) is 4.22. The summed E-state index contributed by atoms with van der Waals surface area (Å²) in [7, 11) is 0. The van der Waals surface area contributed by atoms with E-state index in [0.717, 1.165) is 12.8 Å². The lowest BCUT2D eigenvalue weighted by Crippen LogP contribution is -2.44. The highest BCUT2D eigenvalue weighted by molar-refractivity contribution is 5.96. The zero-order valence-corrected chi connectivity index (χ0v) is 13.4. The van der Waals surface area contributed by atoms with Crippen LogP contribution in [0.25, 0.3) is 5.69 Å². The molecular formula is C16H16N4O5. The summed E-state index contributed by atoms with van der Waals surface area (Å²) in [6, 6.07) is 4.78. The number of non-ortho nitro benzene ring substituents is 1. The van der Waals surface area contributed by atoms with Gasteiger partial charge in [-0.3, -0.25) is 14.9 Å². The Hall–Kier alpha value is -3.23. The maximum absolute atomic E-state index is 12.7. The number of hydrogen-bond donors (Lipinski definition) is 1. The molecule has 3 rings (SSSR count). The monoisotopic (exact) mass is 344 g/mol. The van der Waals surface area contributed by atoms with E-state index in [4.69, 9.17) is 0 Å². The first-order valence-electron chi connectivity index (χ1n) is 7.73. The molecule has 1 aliphatic rings. The topological polar surface area (TPSA) is 119 Å². The van der Waals surface area contributed by atoms with Gasteiger partial charge in [0.2, 0.25) is 0 Å². The lowest BCUT2D eigenvalue weighted by Gasteiger charge is -2.25. The van der Waals surface area contributed by atoms with Crippen LogP contribution in [0.1, 0.15) is 30.1 Å². The molecule has 0 bridgehead atoms. The number of nitrogens with zero attached hydrogens (tertiary/aromatic N) is 4. The molecule has 1 N–H and O–H groups in total. The predicted octanol–water partition coefficient (Wildman–Crippen LogP) is 1.86. The molecule has 9 heteroatoms. The van der Waals surface area contributed by atoms with Gasteiger partial charge in [0.05, 0.1) is 22.4 Å². The van der Waals surface area contributed by atoms with E-state index >= 15 is 0 Å². The third-order valence-corrected chi connectivity index (χ3v) is 4.10. The van der Waals surface area contributed by atoms with Crippen molar-refractivity contribution in [1.82, 2.24) is 14.7 Å². The zero-order valence-electron chi connectivity index (χ0n) is 13.4. The van der Waals surface area contributed by atoms with Gasteiger partial charge in [-0.05, 0) is 31.9 Å². The first-order valence-corrected chi connectivity index (χ1v) is 7.73. The molecule has 1 amide bonds. The number of aliphatic carboxylic acids is 1. The molecule has 0 aliphatic heterocycles. The molecule has 9 nitrogen and oxygen atoms in total. The van der Waals surface area contributed by atoms with Crippen molar-refractivity contribution in [1.29, 1.82) is 0 Å². The van der Waals surface area contributed by atoms with Crippen LogP contribution in [0.4, 0.5) is 5.69 Å². The molecule has 130 valence electrons. The van der Waals surface area contributed by atoms with Crippen molar-refractivity contribution >= 4 is 17.6 Å². The number of hydrogen-bond acceptors (Lipinski definition) is 5. The lowest BCUT2D eigenvalue weighted by molar-refractivity contribution is -0.384. The quantitative estimate of drug-likeness (QED) is 0.631. The number of benzene rings is 1. The molecule has 0 spiro atoms. The predicted molar refractivity (Wildman–Crippen MR) is 86.5 cm³/mol. The lowest BCUT2D eigenvalue weighted by atomic mass is 10.2. The zero-order chi connectivity index (χ0) is 18.1. The maximum atomic E-state index is 12.7. The van der Waals surface area contributed by atoms with Gasteiger partial charge in [-0.1, -0.05) is 0 Å². The summed E-state index contributed by atoms with van der Waals surface area (Å²) >= 11 is 0. The summed E-state index contributed by atoms with van der Waals surface area (Å²) in [6.45, 7) is 1.49. The number of carbonyl (C=O) groups is 2. The summed E-state index contributed by atoms with van der Waals surface area (Å²) < 4.78 is 1.42. The Bertz CT molecular complexity index is 825. The van der Waals surface area contributed by atoms with Crippen LogP contribution in [0.5, 0.6) is 0 Å². The minimum absolute atomic E-state index is 0.0394. The Morgan fingerprint density at radius 2 is 2.00 bits per heavy atom. The first-order chi connectivity index (χ1) is 11.9. The molecule has 1 saturated carbocycles. The second kappa shape index (κ2) is 6.34. The van der Waals surface area contributed by atoms with Crippen LogP contribution in [-0.4, -0.2) is 48.7 Å². The Morgan fingerprint density at radius 1 is 1.36 bits per heavy atom. The van der Waals surface area contributed by atoms with E-state index in [1.165, 1.54) is 53.2 Å². The number of nitro groups is 1.